The number of aryl methyl sites for hydroxylation is 2. The van der Waals surface area contributed by atoms with Crippen LogP contribution in [-0.2, 0) is 17.6 Å². The Hall–Kier alpha value is -1.51. The molecule has 0 saturated heterocycles. The standard InChI is InChI=1S/C12H14O3/c1-15-12(14)10-6-8-4-2-3-5-9(8)7-11(10)13/h6-7,13H,2-5H2,1H3. The maximum Gasteiger partial charge on any atom is 0.341 e. The molecule has 0 fully saturated rings. The molecule has 80 valence electrons. The molecule has 1 N–H and O–H groups in total. The van der Waals surface area contributed by atoms with Crippen molar-refractivity contribution in [3.05, 3.63) is 28.8 Å². The van der Waals surface area contributed by atoms with Crippen LogP contribution in [0.5, 0.6) is 5.75 Å². The third kappa shape index (κ3) is 1.82. The van der Waals surface area contributed by atoms with Crippen molar-refractivity contribution in [1.82, 2.24) is 0 Å². The van der Waals surface area contributed by atoms with Crippen molar-refractivity contribution in [3.8, 4) is 5.75 Å². The number of hydrogen-bond acceptors (Lipinski definition) is 3. The number of carbonyl (C=O) groups excluding carboxylic acids is 1. The number of phenols is 1. The largest absolute Gasteiger partial charge is 0.507 e. The lowest BCUT2D eigenvalue weighted by Gasteiger charge is -2.17. The van der Waals surface area contributed by atoms with Crippen LogP contribution in [0.3, 0.4) is 0 Å². The lowest BCUT2D eigenvalue weighted by Crippen LogP contribution is -2.07. The predicted molar refractivity (Wildman–Crippen MR) is 56.1 cm³/mol. The zero-order valence-electron chi connectivity index (χ0n) is 8.75. The first-order chi connectivity index (χ1) is 7.22. The van der Waals surface area contributed by atoms with Gasteiger partial charge in [0.05, 0.1) is 7.11 Å². The molecule has 0 aromatic heterocycles. The fourth-order valence-electron chi connectivity index (χ4n) is 2.05. The number of fused-ring (bicyclic) bond motifs is 1. The van der Waals surface area contributed by atoms with Gasteiger partial charge in [0.1, 0.15) is 11.3 Å². The summed E-state index contributed by atoms with van der Waals surface area (Å²) >= 11 is 0. The molecule has 2 rings (SSSR count). The van der Waals surface area contributed by atoms with Crippen LogP contribution in [0.1, 0.15) is 34.3 Å². The third-order valence-corrected chi connectivity index (χ3v) is 2.87. The summed E-state index contributed by atoms with van der Waals surface area (Å²) in [6.45, 7) is 0. The molecule has 15 heavy (non-hydrogen) atoms. The lowest BCUT2D eigenvalue weighted by atomic mass is 9.90. The second-order valence-electron chi connectivity index (χ2n) is 3.84. The number of benzene rings is 1. The molecular formula is C12H14O3. The predicted octanol–water partition coefficient (Wildman–Crippen LogP) is 2.06. The first kappa shape index (κ1) is 10.0. The van der Waals surface area contributed by atoms with Gasteiger partial charge in [0.2, 0.25) is 0 Å². The zero-order valence-corrected chi connectivity index (χ0v) is 8.75. The van der Waals surface area contributed by atoms with Crippen LogP contribution in [0.15, 0.2) is 12.1 Å². The molecule has 0 heterocycles. The molecule has 0 atom stereocenters. The van der Waals surface area contributed by atoms with Crippen molar-refractivity contribution in [2.45, 2.75) is 25.7 Å². The van der Waals surface area contributed by atoms with E-state index in [4.69, 9.17) is 0 Å². The van der Waals surface area contributed by atoms with E-state index >= 15 is 0 Å². The average Bonchev–Trinajstić information content (AvgIpc) is 2.27. The second kappa shape index (κ2) is 3.93. The Morgan fingerprint density at radius 1 is 1.27 bits per heavy atom. The van der Waals surface area contributed by atoms with Gasteiger partial charge >= 0.3 is 5.97 Å². The van der Waals surface area contributed by atoms with E-state index in [0.29, 0.717) is 0 Å². The Morgan fingerprint density at radius 2 is 1.87 bits per heavy atom. The van der Waals surface area contributed by atoms with Crippen LogP contribution in [0.2, 0.25) is 0 Å². The fraction of sp³-hybridized carbons (Fsp3) is 0.417. The van der Waals surface area contributed by atoms with Crippen molar-refractivity contribution in [1.29, 1.82) is 0 Å². The van der Waals surface area contributed by atoms with Crippen molar-refractivity contribution >= 4 is 5.97 Å². The van der Waals surface area contributed by atoms with Crippen molar-refractivity contribution < 1.29 is 14.6 Å². The number of aromatic hydroxyl groups is 1. The SMILES string of the molecule is COC(=O)c1cc2c(cc1O)CCCC2. The molecule has 0 spiro atoms. The maximum absolute atomic E-state index is 11.3. The van der Waals surface area contributed by atoms with Crippen LogP contribution < -0.4 is 0 Å². The van der Waals surface area contributed by atoms with Gasteiger partial charge < -0.3 is 9.84 Å². The van der Waals surface area contributed by atoms with Crippen LogP contribution in [0, 0.1) is 0 Å². The zero-order chi connectivity index (χ0) is 10.8. The Balaban J connectivity index is 2.44. The summed E-state index contributed by atoms with van der Waals surface area (Å²) in [7, 11) is 1.32. The highest BCUT2D eigenvalue weighted by atomic mass is 16.5. The minimum atomic E-state index is -0.471. The number of rotatable bonds is 1. The smallest absolute Gasteiger partial charge is 0.341 e. The highest BCUT2D eigenvalue weighted by Crippen LogP contribution is 2.28. The summed E-state index contributed by atoms with van der Waals surface area (Å²) < 4.78 is 4.61. The molecule has 1 aromatic rings. The molecular weight excluding hydrogens is 192 g/mol. The summed E-state index contributed by atoms with van der Waals surface area (Å²) in [4.78, 5) is 11.3. The van der Waals surface area contributed by atoms with Crippen molar-refractivity contribution in [2.75, 3.05) is 7.11 Å². The topological polar surface area (TPSA) is 46.5 Å². The number of hydrogen-bond donors (Lipinski definition) is 1. The van der Waals surface area contributed by atoms with E-state index in [1.807, 2.05) is 0 Å². The maximum atomic E-state index is 11.3. The van der Waals surface area contributed by atoms with Gasteiger partial charge in [-0.2, -0.15) is 0 Å². The molecule has 1 aliphatic carbocycles. The molecule has 0 amide bonds. The van der Waals surface area contributed by atoms with Crippen molar-refractivity contribution in [2.24, 2.45) is 0 Å². The highest BCUT2D eigenvalue weighted by Gasteiger charge is 2.17. The number of carbonyl (C=O) groups is 1. The summed E-state index contributed by atoms with van der Waals surface area (Å²) in [5.41, 5.74) is 2.60. The van der Waals surface area contributed by atoms with Crippen LogP contribution in [0.25, 0.3) is 0 Å². The molecule has 0 aliphatic heterocycles. The van der Waals surface area contributed by atoms with E-state index in [1.165, 1.54) is 12.7 Å². The highest BCUT2D eigenvalue weighted by molar-refractivity contribution is 5.92. The Kier molecular flexibility index (Phi) is 2.62. The van der Waals surface area contributed by atoms with E-state index in [2.05, 4.69) is 4.74 Å². The number of methoxy groups -OCH3 is 1. The molecule has 1 aliphatic rings. The molecule has 3 heteroatoms. The summed E-state index contributed by atoms with van der Waals surface area (Å²) in [5.74, 6) is -0.441. The molecule has 1 aromatic carbocycles. The normalized spacial score (nSPS) is 14.5. The molecule has 0 bridgehead atoms. The first-order valence-corrected chi connectivity index (χ1v) is 5.15. The van der Waals surface area contributed by atoms with Gasteiger partial charge in [-0.1, -0.05) is 0 Å². The monoisotopic (exact) mass is 206 g/mol. The van der Waals surface area contributed by atoms with Gasteiger partial charge in [0.15, 0.2) is 0 Å². The van der Waals surface area contributed by atoms with Gasteiger partial charge in [-0.05, 0) is 48.9 Å². The third-order valence-electron chi connectivity index (χ3n) is 2.87. The number of phenolic OH excluding ortho intramolecular Hbond substituents is 1. The lowest BCUT2D eigenvalue weighted by molar-refractivity contribution is 0.0597. The molecule has 3 nitrogen and oxygen atoms in total. The van der Waals surface area contributed by atoms with Gasteiger partial charge in [0.25, 0.3) is 0 Å². The van der Waals surface area contributed by atoms with Gasteiger partial charge in [-0.25, -0.2) is 4.79 Å². The quantitative estimate of drug-likeness (QED) is 0.715. The van der Waals surface area contributed by atoms with Gasteiger partial charge in [0, 0.05) is 0 Å². The van der Waals surface area contributed by atoms with E-state index < -0.39 is 5.97 Å². The van der Waals surface area contributed by atoms with E-state index in [-0.39, 0.29) is 11.3 Å². The van der Waals surface area contributed by atoms with Crippen LogP contribution in [0.4, 0.5) is 0 Å². The number of esters is 1. The Bertz CT molecular complexity index is 396. The van der Waals surface area contributed by atoms with Gasteiger partial charge in [-0.3, -0.25) is 0 Å². The first-order valence-electron chi connectivity index (χ1n) is 5.15. The fourth-order valence-corrected chi connectivity index (χ4v) is 2.05. The molecule has 0 saturated carbocycles. The summed E-state index contributed by atoms with van der Waals surface area (Å²) in [6, 6.07) is 3.45. The molecule has 0 radical (unpaired) electrons. The minimum Gasteiger partial charge on any atom is -0.507 e. The van der Waals surface area contributed by atoms with E-state index in [9.17, 15) is 9.90 Å². The average molecular weight is 206 g/mol. The number of ether oxygens (including phenoxy) is 1. The van der Waals surface area contributed by atoms with E-state index in [1.54, 1.807) is 12.1 Å². The second-order valence-corrected chi connectivity index (χ2v) is 3.84. The summed E-state index contributed by atoms with van der Waals surface area (Å²) in [5, 5.41) is 9.67. The minimum absolute atomic E-state index is 0.0301. The van der Waals surface area contributed by atoms with Crippen LogP contribution >= 0.6 is 0 Å². The Morgan fingerprint density at radius 3 is 2.47 bits per heavy atom. The van der Waals surface area contributed by atoms with Crippen LogP contribution in [-0.4, -0.2) is 18.2 Å². The van der Waals surface area contributed by atoms with Crippen molar-refractivity contribution in [3.63, 3.8) is 0 Å². The van der Waals surface area contributed by atoms with E-state index in [0.717, 1.165) is 31.2 Å². The Labute approximate surface area is 88.7 Å². The summed E-state index contributed by atoms with van der Waals surface area (Å²) in [6.07, 6.45) is 4.28. The molecule has 0 unspecified atom stereocenters. The van der Waals surface area contributed by atoms with Gasteiger partial charge in [-0.15, -0.1) is 0 Å².